The van der Waals surface area contributed by atoms with E-state index in [9.17, 15) is 0 Å². The SMILES string of the molecule is CC(C)c1ccc2cc(N(c3ccccc3)c3cc4oc5cc6oc7cc(N(c8ccccc8)c8ccc9cc(C(C)C)ccc9c8)c8ccccc8c7c6cc5c4c4ccccc34)ccc2c1. The predicted molar refractivity (Wildman–Crippen MR) is 289 cm³/mol. The standard InChI is InChI=1S/C64H48N2O2/c1-39(2)41-23-25-45-33-49(29-27-43(45)31-41)65(47-15-7-5-8-16-47)57-36-61-63(53-21-13-11-19-51(53)57)55-35-56-60(38-59(55)67-61)68-62-37-58(52-20-12-14-22-54(52)64(56)62)66(48-17-9-6-10-18-48)50-30-28-44-32-42(40(3)4)24-26-46(44)34-50/h5-40H,1-4H3. The van der Waals surface area contributed by atoms with Crippen LogP contribution < -0.4 is 9.80 Å². The first kappa shape index (κ1) is 40.0. The number of fused-ring (bicyclic) bond motifs is 12. The maximum Gasteiger partial charge on any atom is 0.139 e. The van der Waals surface area contributed by atoms with Crippen molar-refractivity contribution in [2.24, 2.45) is 0 Å². The van der Waals surface area contributed by atoms with Gasteiger partial charge in [-0.3, -0.25) is 0 Å². The van der Waals surface area contributed by atoms with E-state index < -0.39 is 0 Å². The number of nitrogens with zero attached hydrogens (tertiary/aromatic N) is 2. The largest absolute Gasteiger partial charge is 0.456 e. The van der Waals surface area contributed by atoms with Gasteiger partial charge in [0, 0.05) is 73.3 Å². The highest BCUT2D eigenvalue weighted by Gasteiger charge is 2.24. The molecule has 0 amide bonds. The highest BCUT2D eigenvalue weighted by atomic mass is 16.3. The molecule has 68 heavy (non-hydrogen) atoms. The maximum absolute atomic E-state index is 6.96. The van der Waals surface area contributed by atoms with Crippen molar-refractivity contribution in [3.63, 3.8) is 0 Å². The van der Waals surface area contributed by atoms with Crippen molar-refractivity contribution < 1.29 is 8.83 Å². The zero-order chi connectivity index (χ0) is 45.6. The summed E-state index contributed by atoms with van der Waals surface area (Å²) in [4.78, 5) is 4.74. The quantitative estimate of drug-likeness (QED) is 0.152. The molecule has 4 nitrogen and oxygen atoms in total. The van der Waals surface area contributed by atoms with Gasteiger partial charge in [0.25, 0.3) is 0 Å². The molecule has 0 unspecified atom stereocenters. The van der Waals surface area contributed by atoms with Gasteiger partial charge in [-0.05, 0) is 110 Å². The molecule has 0 bridgehead atoms. The van der Waals surface area contributed by atoms with Gasteiger partial charge in [0.2, 0.25) is 0 Å². The monoisotopic (exact) mass is 876 g/mol. The molecule has 0 fully saturated rings. The van der Waals surface area contributed by atoms with Crippen LogP contribution in [0.5, 0.6) is 0 Å². The first-order valence-electron chi connectivity index (χ1n) is 23.8. The van der Waals surface area contributed by atoms with Crippen LogP contribution >= 0.6 is 0 Å². The first-order chi connectivity index (χ1) is 33.3. The summed E-state index contributed by atoms with van der Waals surface area (Å²) in [5.41, 5.74) is 12.4. The van der Waals surface area contributed by atoms with Gasteiger partial charge < -0.3 is 18.6 Å². The smallest absolute Gasteiger partial charge is 0.139 e. The molecular formula is C64H48N2O2. The van der Waals surface area contributed by atoms with Gasteiger partial charge in [-0.1, -0.05) is 161 Å². The second-order valence-corrected chi connectivity index (χ2v) is 18.9. The van der Waals surface area contributed by atoms with Crippen molar-refractivity contribution in [2.45, 2.75) is 39.5 Å². The summed E-state index contributed by atoms with van der Waals surface area (Å²) in [7, 11) is 0. The Balaban J connectivity index is 1.00. The van der Waals surface area contributed by atoms with Gasteiger partial charge in [-0.2, -0.15) is 0 Å². The normalized spacial score (nSPS) is 12.1. The summed E-state index contributed by atoms with van der Waals surface area (Å²) >= 11 is 0. The lowest BCUT2D eigenvalue weighted by Gasteiger charge is -2.27. The van der Waals surface area contributed by atoms with E-state index >= 15 is 0 Å². The number of benzene rings is 11. The topological polar surface area (TPSA) is 32.8 Å². The third-order valence-corrected chi connectivity index (χ3v) is 14.1. The average molecular weight is 877 g/mol. The molecule has 326 valence electrons. The molecular weight excluding hydrogens is 829 g/mol. The van der Waals surface area contributed by atoms with Gasteiger partial charge in [0.15, 0.2) is 0 Å². The van der Waals surface area contributed by atoms with E-state index in [0.29, 0.717) is 11.8 Å². The van der Waals surface area contributed by atoms with Gasteiger partial charge in [0.05, 0.1) is 11.4 Å². The summed E-state index contributed by atoms with van der Waals surface area (Å²) in [6, 6.07) is 75.0. The van der Waals surface area contributed by atoms with E-state index in [1.807, 2.05) is 0 Å². The number of rotatable bonds is 8. The summed E-state index contributed by atoms with van der Waals surface area (Å²) in [6.07, 6.45) is 0. The van der Waals surface area contributed by atoms with Crippen LogP contribution in [-0.4, -0.2) is 0 Å². The molecule has 0 N–H and O–H groups in total. The van der Waals surface area contributed by atoms with E-state index in [1.54, 1.807) is 0 Å². The molecule has 13 aromatic rings. The third kappa shape index (κ3) is 6.43. The van der Waals surface area contributed by atoms with Crippen LogP contribution in [0.25, 0.3) is 87.0 Å². The fourth-order valence-corrected chi connectivity index (χ4v) is 10.6. The minimum atomic E-state index is 0.465. The fraction of sp³-hybridized carbons (Fsp3) is 0.0938. The van der Waals surface area contributed by atoms with Gasteiger partial charge in [-0.25, -0.2) is 0 Å². The lowest BCUT2D eigenvalue weighted by atomic mass is 9.97. The second kappa shape index (κ2) is 15.6. The number of furan rings is 2. The van der Waals surface area contributed by atoms with Crippen LogP contribution in [0, 0.1) is 0 Å². The third-order valence-electron chi connectivity index (χ3n) is 14.1. The number of hydrogen-bond acceptors (Lipinski definition) is 4. The summed E-state index contributed by atoms with van der Waals surface area (Å²) in [5, 5.41) is 13.8. The molecule has 4 heteroatoms. The molecule has 0 spiro atoms. The highest BCUT2D eigenvalue weighted by molar-refractivity contribution is 6.28. The second-order valence-electron chi connectivity index (χ2n) is 18.9. The van der Waals surface area contributed by atoms with Gasteiger partial charge in [-0.15, -0.1) is 0 Å². The van der Waals surface area contributed by atoms with Crippen molar-refractivity contribution in [3.8, 4) is 0 Å². The zero-order valence-corrected chi connectivity index (χ0v) is 38.5. The van der Waals surface area contributed by atoms with E-state index in [2.05, 4.69) is 244 Å². The van der Waals surface area contributed by atoms with Crippen LogP contribution in [0.4, 0.5) is 34.1 Å². The van der Waals surface area contributed by atoms with Gasteiger partial charge in [0.1, 0.15) is 22.3 Å². The highest BCUT2D eigenvalue weighted by Crippen LogP contribution is 2.49. The molecule has 11 aromatic carbocycles. The maximum atomic E-state index is 6.96. The predicted octanol–water partition coefficient (Wildman–Crippen LogP) is 19.3. The molecule has 0 saturated heterocycles. The molecule has 13 rings (SSSR count). The van der Waals surface area contributed by atoms with Crippen molar-refractivity contribution in [1.29, 1.82) is 0 Å². The Morgan fingerprint density at radius 2 is 0.676 bits per heavy atom. The van der Waals surface area contributed by atoms with E-state index in [0.717, 1.165) is 99.5 Å². The minimum Gasteiger partial charge on any atom is -0.456 e. The summed E-state index contributed by atoms with van der Waals surface area (Å²) in [6.45, 7) is 8.99. The molecule has 0 saturated carbocycles. The van der Waals surface area contributed by atoms with Crippen molar-refractivity contribution in [3.05, 3.63) is 217 Å². The number of hydrogen-bond donors (Lipinski definition) is 0. The Kier molecular flexibility index (Phi) is 9.20. The molecule has 0 radical (unpaired) electrons. The Labute approximate surface area is 394 Å². The summed E-state index contributed by atoms with van der Waals surface area (Å²) < 4.78 is 13.9. The minimum absolute atomic E-state index is 0.465. The van der Waals surface area contributed by atoms with Crippen molar-refractivity contribution in [2.75, 3.05) is 9.80 Å². The molecule has 0 aliphatic heterocycles. The number of anilines is 6. The van der Waals surface area contributed by atoms with Crippen molar-refractivity contribution >= 4 is 121 Å². The Bertz CT molecular complexity index is 3840. The first-order valence-corrected chi connectivity index (χ1v) is 23.8. The van der Waals surface area contributed by atoms with Crippen molar-refractivity contribution in [1.82, 2.24) is 0 Å². The van der Waals surface area contributed by atoms with E-state index in [4.69, 9.17) is 8.83 Å². The van der Waals surface area contributed by atoms with E-state index in [1.165, 1.54) is 32.7 Å². The average Bonchev–Trinajstić information content (AvgIpc) is 3.93. The van der Waals surface area contributed by atoms with Crippen LogP contribution in [0.1, 0.15) is 50.7 Å². The molecule has 0 atom stereocenters. The molecule has 0 aliphatic carbocycles. The fourth-order valence-electron chi connectivity index (χ4n) is 10.6. The summed E-state index contributed by atoms with van der Waals surface area (Å²) in [5.74, 6) is 0.931. The van der Waals surface area contributed by atoms with Crippen LogP contribution in [0.2, 0.25) is 0 Å². The van der Waals surface area contributed by atoms with E-state index in [-0.39, 0.29) is 0 Å². The molecule has 2 heterocycles. The molecule has 0 aliphatic rings. The Morgan fingerprint density at radius 3 is 1.10 bits per heavy atom. The Morgan fingerprint density at radius 1 is 0.294 bits per heavy atom. The van der Waals surface area contributed by atoms with Crippen LogP contribution in [-0.2, 0) is 0 Å². The number of para-hydroxylation sites is 2. The molecule has 2 aromatic heterocycles. The lowest BCUT2D eigenvalue weighted by Crippen LogP contribution is -2.10. The zero-order valence-electron chi connectivity index (χ0n) is 38.5. The van der Waals surface area contributed by atoms with Crippen LogP contribution in [0.3, 0.4) is 0 Å². The Hall–Kier alpha value is -8.34. The van der Waals surface area contributed by atoms with Gasteiger partial charge >= 0.3 is 0 Å². The lowest BCUT2D eigenvalue weighted by molar-refractivity contribution is 0.656. The van der Waals surface area contributed by atoms with Crippen LogP contribution in [0.15, 0.2) is 215 Å².